The standard InChI is InChI=1S/C15H16N2OS/c18-15(8-11-5-7-19-10-11)17-13-3-4-14-12(9-13)2-1-6-16-14/h3-5,7,9-10,16H,1-2,6,8H2,(H,17,18). The first-order valence-corrected chi connectivity index (χ1v) is 7.43. The zero-order valence-electron chi connectivity index (χ0n) is 10.6. The maximum atomic E-state index is 11.9. The summed E-state index contributed by atoms with van der Waals surface area (Å²) in [7, 11) is 0. The van der Waals surface area contributed by atoms with Gasteiger partial charge in [-0.1, -0.05) is 0 Å². The molecule has 0 atom stereocenters. The van der Waals surface area contributed by atoms with Crippen LogP contribution in [0.3, 0.4) is 0 Å². The summed E-state index contributed by atoms with van der Waals surface area (Å²) in [5.41, 5.74) is 4.45. The Morgan fingerprint density at radius 3 is 3.16 bits per heavy atom. The van der Waals surface area contributed by atoms with Crippen LogP contribution in [0.1, 0.15) is 17.5 Å². The van der Waals surface area contributed by atoms with Gasteiger partial charge in [-0.15, -0.1) is 0 Å². The third-order valence-electron chi connectivity index (χ3n) is 3.27. The molecule has 1 amide bonds. The minimum Gasteiger partial charge on any atom is -0.385 e. The van der Waals surface area contributed by atoms with Gasteiger partial charge in [0.1, 0.15) is 0 Å². The summed E-state index contributed by atoms with van der Waals surface area (Å²) < 4.78 is 0. The smallest absolute Gasteiger partial charge is 0.228 e. The Labute approximate surface area is 116 Å². The van der Waals surface area contributed by atoms with Crippen LogP contribution in [0.15, 0.2) is 35.0 Å². The van der Waals surface area contributed by atoms with Crippen molar-refractivity contribution in [1.82, 2.24) is 0 Å². The van der Waals surface area contributed by atoms with Crippen LogP contribution in [-0.4, -0.2) is 12.5 Å². The quantitative estimate of drug-likeness (QED) is 0.900. The molecule has 4 heteroatoms. The Morgan fingerprint density at radius 1 is 1.37 bits per heavy atom. The number of hydrogen-bond acceptors (Lipinski definition) is 3. The van der Waals surface area contributed by atoms with Crippen LogP contribution >= 0.6 is 11.3 Å². The number of benzene rings is 1. The molecule has 0 unspecified atom stereocenters. The van der Waals surface area contributed by atoms with Crippen LogP contribution in [0, 0.1) is 0 Å². The molecule has 98 valence electrons. The number of hydrogen-bond donors (Lipinski definition) is 2. The molecule has 0 radical (unpaired) electrons. The molecule has 0 saturated carbocycles. The van der Waals surface area contributed by atoms with Gasteiger partial charge in [0, 0.05) is 17.9 Å². The number of carbonyl (C=O) groups excluding carboxylic acids is 1. The number of fused-ring (bicyclic) bond motifs is 1. The second-order valence-electron chi connectivity index (χ2n) is 4.76. The molecule has 1 aromatic carbocycles. The van der Waals surface area contributed by atoms with E-state index in [1.165, 1.54) is 11.3 Å². The number of thiophene rings is 1. The lowest BCUT2D eigenvalue weighted by molar-refractivity contribution is -0.115. The summed E-state index contributed by atoms with van der Waals surface area (Å²) in [5, 5.41) is 10.3. The SMILES string of the molecule is O=C(Cc1ccsc1)Nc1ccc2c(c1)CCCN2. The topological polar surface area (TPSA) is 41.1 Å². The van der Waals surface area contributed by atoms with E-state index >= 15 is 0 Å². The summed E-state index contributed by atoms with van der Waals surface area (Å²) in [4.78, 5) is 11.9. The second-order valence-corrected chi connectivity index (χ2v) is 5.54. The molecular formula is C15H16N2OS. The van der Waals surface area contributed by atoms with Crippen LogP contribution < -0.4 is 10.6 Å². The van der Waals surface area contributed by atoms with Crippen molar-refractivity contribution >= 4 is 28.6 Å². The maximum Gasteiger partial charge on any atom is 0.228 e. The summed E-state index contributed by atoms with van der Waals surface area (Å²) in [6, 6.07) is 8.07. The van der Waals surface area contributed by atoms with Gasteiger partial charge < -0.3 is 10.6 Å². The zero-order chi connectivity index (χ0) is 13.1. The molecule has 2 aromatic rings. The fraction of sp³-hybridized carbons (Fsp3) is 0.267. The van der Waals surface area contributed by atoms with Gasteiger partial charge in [0.15, 0.2) is 0 Å². The molecule has 1 aliphatic heterocycles. The maximum absolute atomic E-state index is 11.9. The number of nitrogens with one attached hydrogen (secondary N) is 2. The Balaban J connectivity index is 1.67. The largest absolute Gasteiger partial charge is 0.385 e. The second kappa shape index (κ2) is 5.45. The lowest BCUT2D eigenvalue weighted by Gasteiger charge is -2.18. The Hall–Kier alpha value is -1.81. The molecule has 19 heavy (non-hydrogen) atoms. The Bertz CT molecular complexity index is 578. The summed E-state index contributed by atoms with van der Waals surface area (Å²) in [5.74, 6) is 0.0436. The summed E-state index contributed by atoms with van der Waals surface area (Å²) in [6.07, 6.45) is 2.68. The zero-order valence-corrected chi connectivity index (χ0v) is 11.4. The molecular weight excluding hydrogens is 256 g/mol. The van der Waals surface area contributed by atoms with E-state index in [9.17, 15) is 4.79 Å². The third-order valence-corrected chi connectivity index (χ3v) is 4.00. The van der Waals surface area contributed by atoms with Crippen LogP contribution in [-0.2, 0) is 17.6 Å². The molecule has 0 saturated heterocycles. The number of carbonyl (C=O) groups is 1. The van der Waals surface area contributed by atoms with E-state index in [0.29, 0.717) is 6.42 Å². The van der Waals surface area contributed by atoms with Crippen molar-refractivity contribution in [2.45, 2.75) is 19.3 Å². The average Bonchev–Trinajstić information content (AvgIpc) is 2.91. The third kappa shape index (κ3) is 2.96. The van der Waals surface area contributed by atoms with E-state index in [1.807, 2.05) is 22.9 Å². The van der Waals surface area contributed by atoms with Crippen molar-refractivity contribution in [3.8, 4) is 0 Å². The van der Waals surface area contributed by atoms with Crippen molar-refractivity contribution in [3.05, 3.63) is 46.2 Å². The molecule has 0 bridgehead atoms. The molecule has 0 aliphatic carbocycles. The predicted octanol–water partition coefficient (Wildman–Crippen LogP) is 3.29. The van der Waals surface area contributed by atoms with Gasteiger partial charge in [-0.05, 0) is 59.0 Å². The molecule has 3 nitrogen and oxygen atoms in total. The van der Waals surface area contributed by atoms with Crippen LogP contribution in [0.5, 0.6) is 0 Å². The minimum absolute atomic E-state index is 0.0436. The Morgan fingerprint density at radius 2 is 2.32 bits per heavy atom. The van der Waals surface area contributed by atoms with Gasteiger partial charge >= 0.3 is 0 Å². The monoisotopic (exact) mass is 272 g/mol. The fourth-order valence-corrected chi connectivity index (χ4v) is 3.01. The van der Waals surface area contributed by atoms with E-state index in [1.54, 1.807) is 11.3 Å². The number of rotatable bonds is 3. The molecule has 3 rings (SSSR count). The summed E-state index contributed by atoms with van der Waals surface area (Å²) in [6.45, 7) is 1.04. The van der Waals surface area contributed by atoms with Crippen molar-refractivity contribution < 1.29 is 4.79 Å². The van der Waals surface area contributed by atoms with Crippen LogP contribution in [0.2, 0.25) is 0 Å². The fourth-order valence-electron chi connectivity index (χ4n) is 2.34. The van der Waals surface area contributed by atoms with Gasteiger partial charge in [0.2, 0.25) is 5.91 Å². The number of amides is 1. The predicted molar refractivity (Wildman–Crippen MR) is 79.9 cm³/mol. The molecule has 0 fully saturated rings. The van der Waals surface area contributed by atoms with Crippen molar-refractivity contribution in [2.24, 2.45) is 0 Å². The van der Waals surface area contributed by atoms with E-state index in [4.69, 9.17) is 0 Å². The highest BCUT2D eigenvalue weighted by Gasteiger charge is 2.10. The molecule has 1 aliphatic rings. The van der Waals surface area contributed by atoms with Crippen molar-refractivity contribution in [2.75, 3.05) is 17.2 Å². The average molecular weight is 272 g/mol. The number of aryl methyl sites for hydroxylation is 1. The van der Waals surface area contributed by atoms with Gasteiger partial charge in [-0.25, -0.2) is 0 Å². The highest BCUT2D eigenvalue weighted by atomic mass is 32.1. The van der Waals surface area contributed by atoms with E-state index in [2.05, 4.69) is 22.8 Å². The minimum atomic E-state index is 0.0436. The van der Waals surface area contributed by atoms with E-state index in [0.717, 1.165) is 30.6 Å². The van der Waals surface area contributed by atoms with E-state index in [-0.39, 0.29) is 5.91 Å². The van der Waals surface area contributed by atoms with Gasteiger partial charge in [-0.2, -0.15) is 11.3 Å². The molecule has 2 heterocycles. The van der Waals surface area contributed by atoms with Gasteiger partial charge in [0.25, 0.3) is 0 Å². The normalized spacial score (nSPS) is 13.5. The highest BCUT2D eigenvalue weighted by Crippen LogP contribution is 2.25. The first kappa shape index (κ1) is 12.2. The summed E-state index contributed by atoms with van der Waals surface area (Å²) >= 11 is 1.62. The van der Waals surface area contributed by atoms with E-state index < -0.39 is 0 Å². The lowest BCUT2D eigenvalue weighted by atomic mass is 10.0. The van der Waals surface area contributed by atoms with Crippen LogP contribution in [0.25, 0.3) is 0 Å². The van der Waals surface area contributed by atoms with Crippen molar-refractivity contribution in [3.63, 3.8) is 0 Å². The van der Waals surface area contributed by atoms with Gasteiger partial charge in [-0.3, -0.25) is 4.79 Å². The van der Waals surface area contributed by atoms with Crippen molar-refractivity contribution in [1.29, 1.82) is 0 Å². The molecule has 0 spiro atoms. The first-order valence-electron chi connectivity index (χ1n) is 6.49. The van der Waals surface area contributed by atoms with Gasteiger partial charge in [0.05, 0.1) is 6.42 Å². The van der Waals surface area contributed by atoms with Crippen LogP contribution in [0.4, 0.5) is 11.4 Å². The lowest BCUT2D eigenvalue weighted by Crippen LogP contribution is -2.15. The Kier molecular flexibility index (Phi) is 3.51. The molecule has 2 N–H and O–H groups in total. The molecule has 1 aromatic heterocycles. The highest BCUT2D eigenvalue weighted by molar-refractivity contribution is 7.08. The first-order chi connectivity index (χ1) is 9.31. The number of anilines is 2.